The quantitative estimate of drug-likeness (QED) is 0.713. The second kappa shape index (κ2) is 3.76. The van der Waals surface area contributed by atoms with E-state index in [4.69, 9.17) is 16.0 Å². The van der Waals surface area contributed by atoms with Crippen molar-refractivity contribution < 1.29 is 9.25 Å². The van der Waals surface area contributed by atoms with E-state index in [1.54, 1.807) is 13.2 Å². The molecule has 1 N–H and O–H groups in total. The summed E-state index contributed by atoms with van der Waals surface area (Å²) in [5, 5.41) is 0.412. The number of hydroxylamine groups is 1. The average molecular weight is 176 g/mol. The molecule has 0 aliphatic carbocycles. The van der Waals surface area contributed by atoms with Gasteiger partial charge in [-0.25, -0.2) is 0 Å². The number of aryl methyl sites for hydroxylation is 1. The molecule has 0 bridgehead atoms. The van der Waals surface area contributed by atoms with Gasteiger partial charge in [-0.3, -0.25) is 0 Å². The lowest BCUT2D eigenvalue weighted by atomic mass is 10.3. The van der Waals surface area contributed by atoms with Gasteiger partial charge in [0.05, 0.1) is 7.11 Å². The Morgan fingerprint density at radius 3 is 2.91 bits per heavy atom. The van der Waals surface area contributed by atoms with Crippen LogP contribution in [0.3, 0.4) is 0 Å². The first-order valence-corrected chi connectivity index (χ1v) is 3.62. The predicted molar refractivity (Wildman–Crippen MR) is 42.3 cm³/mol. The van der Waals surface area contributed by atoms with Crippen LogP contribution in [0.15, 0.2) is 10.5 Å². The smallest absolute Gasteiger partial charge is 0.193 e. The first kappa shape index (κ1) is 8.59. The van der Waals surface area contributed by atoms with Crippen molar-refractivity contribution in [3.8, 4) is 0 Å². The van der Waals surface area contributed by atoms with Crippen LogP contribution >= 0.6 is 11.6 Å². The maximum absolute atomic E-state index is 5.61. The molecular weight excluding hydrogens is 166 g/mol. The van der Waals surface area contributed by atoms with E-state index < -0.39 is 0 Å². The Morgan fingerprint density at radius 2 is 2.45 bits per heavy atom. The Balaban J connectivity index is 2.62. The Bertz CT molecular complexity index is 234. The average Bonchev–Trinajstić information content (AvgIpc) is 2.26. The summed E-state index contributed by atoms with van der Waals surface area (Å²) in [4.78, 5) is 4.68. The lowest BCUT2D eigenvalue weighted by molar-refractivity contribution is 0.0864. The third kappa shape index (κ3) is 2.22. The molecule has 4 heteroatoms. The van der Waals surface area contributed by atoms with Crippen LogP contribution in [0.5, 0.6) is 0 Å². The SMILES string of the molecule is CONCc1cc(Cl)oc1C. The molecule has 1 rings (SSSR count). The summed E-state index contributed by atoms with van der Waals surface area (Å²) in [6.07, 6.45) is 0. The van der Waals surface area contributed by atoms with Crippen molar-refractivity contribution in [2.45, 2.75) is 13.5 Å². The van der Waals surface area contributed by atoms with Crippen LogP contribution in [0.1, 0.15) is 11.3 Å². The van der Waals surface area contributed by atoms with Crippen molar-refractivity contribution in [1.29, 1.82) is 0 Å². The minimum atomic E-state index is 0.412. The van der Waals surface area contributed by atoms with E-state index >= 15 is 0 Å². The largest absolute Gasteiger partial charge is 0.450 e. The molecule has 0 aliphatic rings. The fraction of sp³-hybridized carbons (Fsp3) is 0.429. The number of rotatable bonds is 3. The molecule has 0 aliphatic heterocycles. The Morgan fingerprint density at radius 1 is 1.73 bits per heavy atom. The number of hydrogen-bond donors (Lipinski definition) is 1. The lowest BCUT2D eigenvalue weighted by Gasteiger charge is -1.97. The fourth-order valence-corrected chi connectivity index (χ4v) is 1.05. The van der Waals surface area contributed by atoms with Crippen molar-refractivity contribution in [3.05, 3.63) is 22.6 Å². The molecule has 0 amide bonds. The summed E-state index contributed by atoms with van der Waals surface area (Å²) < 4.78 is 5.08. The van der Waals surface area contributed by atoms with Gasteiger partial charge in [-0.15, -0.1) is 0 Å². The third-order valence-corrected chi connectivity index (χ3v) is 1.58. The molecule has 1 aromatic rings. The number of nitrogens with one attached hydrogen (secondary N) is 1. The van der Waals surface area contributed by atoms with Gasteiger partial charge in [-0.05, 0) is 18.5 Å². The van der Waals surface area contributed by atoms with E-state index in [-0.39, 0.29) is 0 Å². The molecule has 62 valence electrons. The molecule has 11 heavy (non-hydrogen) atoms. The summed E-state index contributed by atoms with van der Waals surface area (Å²) >= 11 is 5.61. The van der Waals surface area contributed by atoms with Gasteiger partial charge in [0.1, 0.15) is 5.76 Å². The highest BCUT2D eigenvalue weighted by Gasteiger charge is 2.03. The van der Waals surface area contributed by atoms with Crippen LogP contribution in [0.2, 0.25) is 5.22 Å². The summed E-state index contributed by atoms with van der Waals surface area (Å²) in [5.41, 5.74) is 3.71. The van der Waals surface area contributed by atoms with Crippen LogP contribution < -0.4 is 5.48 Å². The van der Waals surface area contributed by atoms with E-state index in [1.165, 1.54) is 0 Å². The fourth-order valence-electron chi connectivity index (χ4n) is 0.805. The molecule has 0 atom stereocenters. The van der Waals surface area contributed by atoms with Gasteiger partial charge in [-0.2, -0.15) is 5.48 Å². The molecule has 0 aromatic carbocycles. The first-order chi connectivity index (χ1) is 5.24. The Labute approximate surface area is 70.2 Å². The zero-order chi connectivity index (χ0) is 8.27. The van der Waals surface area contributed by atoms with E-state index in [1.807, 2.05) is 6.92 Å². The van der Waals surface area contributed by atoms with Gasteiger partial charge < -0.3 is 9.25 Å². The molecule has 0 spiro atoms. The molecule has 0 saturated carbocycles. The van der Waals surface area contributed by atoms with Gasteiger partial charge in [-0.1, -0.05) is 0 Å². The van der Waals surface area contributed by atoms with Crippen LogP contribution in [-0.2, 0) is 11.4 Å². The van der Waals surface area contributed by atoms with Crippen LogP contribution in [0.4, 0.5) is 0 Å². The molecular formula is C7H10ClNO2. The highest BCUT2D eigenvalue weighted by Crippen LogP contribution is 2.18. The second-order valence-corrected chi connectivity index (χ2v) is 2.53. The normalized spacial score (nSPS) is 10.5. The van der Waals surface area contributed by atoms with E-state index in [9.17, 15) is 0 Å². The van der Waals surface area contributed by atoms with Crippen molar-refractivity contribution in [1.82, 2.24) is 5.48 Å². The van der Waals surface area contributed by atoms with Gasteiger partial charge in [0.25, 0.3) is 0 Å². The highest BCUT2D eigenvalue weighted by atomic mass is 35.5. The van der Waals surface area contributed by atoms with Crippen LogP contribution in [0, 0.1) is 6.92 Å². The van der Waals surface area contributed by atoms with Crippen LogP contribution in [-0.4, -0.2) is 7.11 Å². The van der Waals surface area contributed by atoms with Gasteiger partial charge in [0.15, 0.2) is 5.22 Å². The van der Waals surface area contributed by atoms with E-state index in [2.05, 4.69) is 10.3 Å². The maximum Gasteiger partial charge on any atom is 0.193 e. The minimum absolute atomic E-state index is 0.412. The molecule has 1 aromatic heterocycles. The summed E-state index contributed by atoms with van der Waals surface area (Å²) in [6.45, 7) is 2.47. The highest BCUT2D eigenvalue weighted by molar-refractivity contribution is 6.28. The maximum atomic E-state index is 5.61. The second-order valence-electron chi connectivity index (χ2n) is 2.16. The molecule has 3 nitrogen and oxygen atoms in total. The molecule has 0 fully saturated rings. The number of hydrogen-bond acceptors (Lipinski definition) is 3. The molecule has 1 heterocycles. The van der Waals surface area contributed by atoms with Crippen molar-refractivity contribution in [2.75, 3.05) is 7.11 Å². The number of halogens is 1. The third-order valence-electron chi connectivity index (χ3n) is 1.40. The van der Waals surface area contributed by atoms with E-state index in [0.717, 1.165) is 11.3 Å². The lowest BCUT2D eigenvalue weighted by Crippen LogP contribution is -2.10. The zero-order valence-corrected chi connectivity index (χ0v) is 7.23. The number of furan rings is 1. The van der Waals surface area contributed by atoms with Gasteiger partial charge >= 0.3 is 0 Å². The first-order valence-electron chi connectivity index (χ1n) is 3.24. The monoisotopic (exact) mass is 175 g/mol. The Hall–Kier alpha value is -0.510. The standard InChI is InChI=1S/C7H10ClNO2/c1-5-6(4-9-10-2)3-7(8)11-5/h3,9H,4H2,1-2H3. The van der Waals surface area contributed by atoms with Gasteiger partial charge in [0.2, 0.25) is 0 Å². The zero-order valence-electron chi connectivity index (χ0n) is 6.48. The van der Waals surface area contributed by atoms with Crippen molar-refractivity contribution in [3.63, 3.8) is 0 Å². The predicted octanol–water partition coefficient (Wildman–Crippen LogP) is 1.89. The minimum Gasteiger partial charge on any atom is -0.450 e. The topological polar surface area (TPSA) is 34.4 Å². The van der Waals surface area contributed by atoms with Crippen molar-refractivity contribution >= 4 is 11.6 Å². The summed E-state index contributed by atoms with van der Waals surface area (Å²) in [6, 6.07) is 1.77. The Kier molecular flexibility index (Phi) is 2.93. The van der Waals surface area contributed by atoms with Crippen molar-refractivity contribution in [2.24, 2.45) is 0 Å². The summed E-state index contributed by atoms with van der Waals surface area (Å²) in [7, 11) is 1.57. The van der Waals surface area contributed by atoms with Crippen LogP contribution in [0.25, 0.3) is 0 Å². The van der Waals surface area contributed by atoms with E-state index in [0.29, 0.717) is 11.8 Å². The molecule has 0 unspecified atom stereocenters. The summed E-state index contributed by atoms with van der Waals surface area (Å²) in [5.74, 6) is 0.819. The molecule has 0 saturated heterocycles. The van der Waals surface area contributed by atoms with Gasteiger partial charge in [0, 0.05) is 18.2 Å². The molecule has 0 radical (unpaired) electrons.